The van der Waals surface area contributed by atoms with Crippen LogP contribution in [0.2, 0.25) is 0 Å². The minimum Gasteiger partial charge on any atom is -0.488 e. The first-order valence-electron chi connectivity index (χ1n) is 5.82. The van der Waals surface area contributed by atoms with E-state index in [9.17, 15) is 14.5 Å². The first-order chi connectivity index (χ1) is 9.10. The van der Waals surface area contributed by atoms with Crippen LogP contribution in [0.3, 0.4) is 0 Å². The van der Waals surface area contributed by atoms with Gasteiger partial charge in [0.2, 0.25) is 0 Å². The van der Waals surface area contributed by atoms with Crippen LogP contribution in [0.4, 0.5) is 10.1 Å². The van der Waals surface area contributed by atoms with Crippen molar-refractivity contribution >= 4 is 5.69 Å². The Hall–Kier alpha value is -2.20. The SMILES string of the molecule is N#CC(COc1ccc([N+](=O)[O-])cc1F)NC1CC1. The Morgan fingerprint density at radius 2 is 2.37 bits per heavy atom. The number of nitro groups is 1. The van der Waals surface area contributed by atoms with Crippen molar-refractivity contribution in [3.8, 4) is 11.8 Å². The van der Waals surface area contributed by atoms with E-state index < -0.39 is 16.8 Å². The van der Waals surface area contributed by atoms with Gasteiger partial charge in [-0.15, -0.1) is 0 Å². The molecule has 1 saturated carbocycles. The molecule has 1 fully saturated rings. The molecular weight excluding hydrogens is 253 g/mol. The molecule has 2 rings (SSSR count). The molecule has 0 aromatic heterocycles. The van der Waals surface area contributed by atoms with Crippen LogP contribution in [0.1, 0.15) is 12.8 Å². The lowest BCUT2D eigenvalue weighted by Gasteiger charge is -2.12. The molecule has 0 heterocycles. The number of halogens is 1. The molecule has 1 unspecified atom stereocenters. The van der Waals surface area contributed by atoms with Gasteiger partial charge in [-0.2, -0.15) is 5.26 Å². The van der Waals surface area contributed by atoms with Crippen molar-refractivity contribution in [1.29, 1.82) is 5.26 Å². The normalized spacial score (nSPS) is 15.6. The molecule has 7 heteroatoms. The van der Waals surface area contributed by atoms with Gasteiger partial charge in [0.05, 0.1) is 17.1 Å². The molecule has 0 bridgehead atoms. The van der Waals surface area contributed by atoms with E-state index in [-0.39, 0.29) is 18.0 Å². The van der Waals surface area contributed by atoms with E-state index in [4.69, 9.17) is 10.00 Å². The summed E-state index contributed by atoms with van der Waals surface area (Å²) in [5.41, 5.74) is -0.335. The largest absolute Gasteiger partial charge is 0.488 e. The lowest BCUT2D eigenvalue weighted by molar-refractivity contribution is -0.385. The van der Waals surface area contributed by atoms with Gasteiger partial charge in [-0.05, 0) is 18.9 Å². The summed E-state index contributed by atoms with van der Waals surface area (Å²) >= 11 is 0. The van der Waals surface area contributed by atoms with Gasteiger partial charge in [0.25, 0.3) is 5.69 Å². The number of non-ortho nitro benzene ring substituents is 1. The lowest BCUT2D eigenvalue weighted by Crippen LogP contribution is -2.34. The molecule has 1 aliphatic carbocycles. The minimum absolute atomic E-state index is 0.00172. The monoisotopic (exact) mass is 265 g/mol. The second-order valence-electron chi connectivity index (χ2n) is 4.31. The standard InChI is InChI=1S/C12H12FN3O3/c13-11-5-10(16(17)18)3-4-12(11)19-7-9(6-14)15-8-1-2-8/h3-5,8-9,15H,1-2,7H2. The van der Waals surface area contributed by atoms with Crippen molar-refractivity contribution in [3.05, 3.63) is 34.1 Å². The maximum absolute atomic E-state index is 13.5. The van der Waals surface area contributed by atoms with Gasteiger partial charge >= 0.3 is 0 Å². The van der Waals surface area contributed by atoms with E-state index in [1.807, 2.05) is 6.07 Å². The zero-order valence-electron chi connectivity index (χ0n) is 10.0. The third kappa shape index (κ3) is 3.63. The van der Waals surface area contributed by atoms with Crippen molar-refractivity contribution in [1.82, 2.24) is 5.32 Å². The Kier molecular flexibility index (Phi) is 3.92. The molecule has 0 saturated heterocycles. The average Bonchev–Trinajstić information content (AvgIpc) is 3.19. The van der Waals surface area contributed by atoms with Gasteiger partial charge in [0.1, 0.15) is 12.6 Å². The number of nitrogens with zero attached hydrogens (tertiary/aromatic N) is 2. The highest BCUT2D eigenvalue weighted by Gasteiger charge is 2.25. The fraction of sp³-hybridized carbons (Fsp3) is 0.417. The summed E-state index contributed by atoms with van der Waals surface area (Å²) in [7, 11) is 0. The highest BCUT2D eigenvalue weighted by Crippen LogP contribution is 2.23. The molecule has 0 radical (unpaired) electrons. The average molecular weight is 265 g/mol. The van der Waals surface area contributed by atoms with Crippen LogP contribution in [0.5, 0.6) is 5.75 Å². The van der Waals surface area contributed by atoms with Gasteiger partial charge in [-0.3, -0.25) is 15.4 Å². The summed E-state index contributed by atoms with van der Waals surface area (Å²) in [5, 5.41) is 22.4. The molecule has 1 aromatic carbocycles. The van der Waals surface area contributed by atoms with Crippen LogP contribution < -0.4 is 10.1 Å². The van der Waals surface area contributed by atoms with Gasteiger partial charge in [-0.1, -0.05) is 0 Å². The maximum atomic E-state index is 13.5. The van der Waals surface area contributed by atoms with E-state index in [2.05, 4.69) is 5.32 Å². The Morgan fingerprint density at radius 3 is 2.89 bits per heavy atom. The zero-order chi connectivity index (χ0) is 13.8. The fourth-order valence-corrected chi connectivity index (χ4v) is 1.55. The van der Waals surface area contributed by atoms with E-state index in [1.165, 1.54) is 6.07 Å². The second-order valence-corrected chi connectivity index (χ2v) is 4.31. The van der Waals surface area contributed by atoms with E-state index in [0.29, 0.717) is 6.04 Å². The molecule has 1 atom stereocenters. The Morgan fingerprint density at radius 1 is 1.63 bits per heavy atom. The molecule has 6 nitrogen and oxygen atoms in total. The molecule has 0 amide bonds. The molecule has 1 aromatic rings. The summed E-state index contributed by atoms with van der Waals surface area (Å²) in [5.74, 6) is -0.902. The van der Waals surface area contributed by atoms with Crippen LogP contribution in [0, 0.1) is 27.3 Å². The predicted molar refractivity (Wildman–Crippen MR) is 64.1 cm³/mol. The summed E-state index contributed by atoms with van der Waals surface area (Å²) in [6.07, 6.45) is 2.06. The molecule has 0 spiro atoms. The number of nitro benzene ring substituents is 1. The van der Waals surface area contributed by atoms with Crippen LogP contribution in [-0.4, -0.2) is 23.6 Å². The summed E-state index contributed by atoms with van der Waals surface area (Å²) in [6.45, 7) is 0.00172. The number of nitriles is 1. The zero-order valence-corrected chi connectivity index (χ0v) is 10.0. The number of rotatable bonds is 6. The molecule has 1 N–H and O–H groups in total. The minimum atomic E-state index is -0.808. The van der Waals surface area contributed by atoms with E-state index >= 15 is 0 Å². The van der Waals surface area contributed by atoms with Gasteiger partial charge in [-0.25, -0.2) is 4.39 Å². The predicted octanol–water partition coefficient (Wildman–Crippen LogP) is 1.76. The van der Waals surface area contributed by atoms with E-state index in [0.717, 1.165) is 25.0 Å². The highest BCUT2D eigenvalue weighted by atomic mass is 19.1. The Bertz CT molecular complexity index is 525. The quantitative estimate of drug-likeness (QED) is 0.625. The Labute approximate surface area is 108 Å². The third-order valence-electron chi connectivity index (χ3n) is 2.70. The number of nitrogens with one attached hydrogen (secondary N) is 1. The summed E-state index contributed by atoms with van der Waals surface area (Å²) in [6, 6.07) is 5.01. The number of benzene rings is 1. The smallest absolute Gasteiger partial charge is 0.272 e. The molecule has 1 aliphatic rings. The first kappa shape index (κ1) is 13.2. The van der Waals surface area contributed by atoms with Gasteiger partial charge in [0, 0.05) is 12.1 Å². The van der Waals surface area contributed by atoms with Crippen molar-refractivity contribution in [3.63, 3.8) is 0 Å². The van der Waals surface area contributed by atoms with Crippen molar-refractivity contribution in [2.45, 2.75) is 24.9 Å². The number of hydrogen-bond donors (Lipinski definition) is 1. The highest BCUT2D eigenvalue weighted by molar-refractivity contribution is 5.37. The molecule has 19 heavy (non-hydrogen) atoms. The van der Waals surface area contributed by atoms with Crippen molar-refractivity contribution in [2.75, 3.05) is 6.61 Å². The molecular formula is C12H12FN3O3. The fourth-order valence-electron chi connectivity index (χ4n) is 1.55. The van der Waals surface area contributed by atoms with Crippen LogP contribution in [0.25, 0.3) is 0 Å². The van der Waals surface area contributed by atoms with Gasteiger partial charge in [0.15, 0.2) is 11.6 Å². The van der Waals surface area contributed by atoms with Crippen molar-refractivity contribution < 1.29 is 14.1 Å². The second kappa shape index (κ2) is 5.63. The van der Waals surface area contributed by atoms with Gasteiger partial charge < -0.3 is 4.74 Å². The maximum Gasteiger partial charge on any atom is 0.272 e. The van der Waals surface area contributed by atoms with Crippen LogP contribution in [-0.2, 0) is 0 Å². The lowest BCUT2D eigenvalue weighted by atomic mass is 10.3. The summed E-state index contributed by atoms with van der Waals surface area (Å²) < 4.78 is 18.7. The third-order valence-corrected chi connectivity index (χ3v) is 2.70. The summed E-state index contributed by atoms with van der Waals surface area (Å²) in [4.78, 5) is 9.77. The molecule has 100 valence electrons. The first-order valence-corrected chi connectivity index (χ1v) is 5.82. The van der Waals surface area contributed by atoms with Crippen LogP contribution >= 0.6 is 0 Å². The number of hydrogen-bond acceptors (Lipinski definition) is 5. The molecule has 0 aliphatic heterocycles. The van der Waals surface area contributed by atoms with Crippen LogP contribution in [0.15, 0.2) is 18.2 Å². The number of ether oxygens (including phenoxy) is 1. The van der Waals surface area contributed by atoms with Crippen molar-refractivity contribution in [2.24, 2.45) is 0 Å². The Balaban J connectivity index is 1.94. The topological polar surface area (TPSA) is 88.2 Å². The van der Waals surface area contributed by atoms with E-state index in [1.54, 1.807) is 0 Å².